The highest BCUT2D eigenvalue weighted by atomic mass is 16.4. The van der Waals surface area contributed by atoms with Crippen molar-refractivity contribution in [2.45, 2.75) is 98.8 Å². The monoisotopic (exact) mass is 456 g/mol. The third kappa shape index (κ3) is 3.50. The molecule has 4 aliphatic carbocycles. The van der Waals surface area contributed by atoms with Crippen LogP contribution in [0.4, 0.5) is 0 Å². The molecule has 186 valence electrons. The van der Waals surface area contributed by atoms with Gasteiger partial charge in [0.2, 0.25) is 0 Å². The van der Waals surface area contributed by atoms with E-state index in [1.54, 1.807) is 0 Å². The van der Waals surface area contributed by atoms with Crippen LogP contribution in [0.1, 0.15) is 98.8 Å². The van der Waals surface area contributed by atoms with Gasteiger partial charge in [0.05, 0.1) is 6.61 Å². The molecule has 0 saturated heterocycles. The minimum atomic E-state index is -0.708. The second-order valence-corrected chi connectivity index (χ2v) is 13.5. The highest BCUT2D eigenvalue weighted by Gasteiger charge is 2.68. The number of aliphatic hydroxyl groups excluding tert-OH is 1. The van der Waals surface area contributed by atoms with Crippen molar-refractivity contribution in [2.75, 3.05) is 6.61 Å². The van der Waals surface area contributed by atoms with Gasteiger partial charge >= 0.3 is 5.97 Å². The molecule has 0 aromatic carbocycles. The summed E-state index contributed by atoms with van der Waals surface area (Å²) in [5.74, 6) is 2.10. The first-order valence-electron chi connectivity index (χ1n) is 13.5. The quantitative estimate of drug-likeness (QED) is 0.414. The zero-order chi connectivity index (χ0) is 24.4. The summed E-state index contributed by atoms with van der Waals surface area (Å²) in [6, 6.07) is 0. The van der Waals surface area contributed by atoms with Gasteiger partial charge in [-0.15, -0.1) is 0 Å². The molecule has 33 heavy (non-hydrogen) atoms. The first kappa shape index (κ1) is 25.0. The van der Waals surface area contributed by atoms with E-state index in [1.165, 1.54) is 44.1 Å². The van der Waals surface area contributed by atoms with Crippen LogP contribution in [0, 0.1) is 51.2 Å². The standard InChI is InChI=1S/C30H48O3/c1-19(2)21-10-13-27(4)16-17-29(6)23(26(21)27)8-9-24-28(5,14-12-25(32)33)22(20(3)18-31)11-15-30(24,29)7/h21-24,26,31H,1,3,8-18H2,2,4-7H3,(H,32,33)/t21-,22-,23+,24+,26+,27+,28-,29+,30+/m0/s1. The van der Waals surface area contributed by atoms with Crippen LogP contribution in [0.15, 0.2) is 24.3 Å². The molecule has 0 aliphatic heterocycles. The fourth-order valence-electron chi connectivity index (χ4n) is 10.4. The number of aliphatic hydroxyl groups is 1. The molecule has 4 aliphatic rings. The molecule has 9 atom stereocenters. The van der Waals surface area contributed by atoms with Crippen molar-refractivity contribution in [3.8, 4) is 0 Å². The maximum Gasteiger partial charge on any atom is 0.303 e. The van der Waals surface area contributed by atoms with Gasteiger partial charge in [0.15, 0.2) is 0 Å². The summed E-state index contributed by atoms with van der Waals surface area (Å²) in [5.41, 5.74) is 3.09. The normalized spacial score (nSPS) is 49.0. The Hall–Kier alpha value is -1.09. The Morgan fingerprint density at radius 3 is 2.24 bits per heavy atom. The number of rotatable bonds is 6. The number of carboxylic acids is 1. The molecule has 3 heteroatoms. The first-order valence-corrected chi connectivity index (χ1v) is 13.5. The van der Waals surface area contributed by atoms with Crippen molar-refractivity contribution in [2.24, 2.45) is 51.2 Å². The van der Waals surface area contributed by atoms with Gasteiger partial charge < -0.3 is 10.2 Å². The molecule has 0 radical (unpaired) electrons. The Bertz CT molecular complexity index is 830. The Kier molecular flexibility index (Phi) is 6.25. The van der Waals surface area contributed by atoms with E-state index in [0.29, 0.717) is 23.7 Å². The summed E-state index contributed by atoms with van der Waals surface area (Å²) in [5, 5.41) is 19.6. The molecule has 0 spiro atoms. The van der Waals surface area contributed by atoms with Crippen LogP contribution in [0.5, 0.6) is 0 Å². The van der Waals surface area contributed by atoms with Crippen LogP contribution >= 0.6 is 0 Å². The molecular formula is C30H48O3. The van der Waals surface area contributed by atoms with E-state index in [0.717, 1.165) is 30.3 Å². The fourth-order valence-corrected chi connectivity index (χ4v) is 10.4. The minimum absolute atomic E-state index is 0.0113. The van der Waals surface area contributed by atoms with E-state index < -0.39 is 5.97 Å². The molecule has 4 rings (SSSR count). The minimum Gasteiger partial charge on any atom is -0.481 e. The van der Waals surface area contributed by atoms with Crippen LogP contribution in [0.2, 0.25) is 0 Å². The van der Waals surface area contributed by atoms with E-state index in [2.05, 4.69) is 47.8 Å². The van der Waals surface area contributed by atoms with Gasteiger partial charge in [0, 0.05) is 6.42 Å². The van der Waals surface area contributed by atoms with Gasteiger partial charge in [0.1, 0.15) is 0 Å². The molecule has 0 bridgehead atoms. The molecule has 4 saturated carbocycles. The van der Waals surface area contributed by atoms with Crippen molar-refractivity contribution >= 4 is 5.97 Å². The summed E-state index contributed by atoms with van der Waals surface area (Å²) < 4.78 is 0. The summed E-state index contributed by atoms with van der Waals surface area (Å²) in [7, 11) is 0. The Balaban J connectivity index is 1.75. The smallest absolute Gasteiger partial charge is 0.303 e. The van der Waals surface area contributed by atoms with Crippen LogP contribution < -0.4 is 0 Å². The van der Waals surface area contributed by atoms with E-state index in [-0.39, 0.29) is 35.2 Å². The molecule has 3 nitrogen and oxygen atoms in total. The predicted molar refractivity (Wildman–Crippen MR) is 135 cm³/mol. The van der Waals surface area contributed by atoms with Crippen molar-refractivity contribution in [1.29, 1.82) is 0 Å². The van der Waals surface area contributed by atoms with Crippen LogP contribution in [-0.4, -0.2) is 22.8 Å². The maximum atomic E-state index is 11.6. The van der Waals surface area contributed by atoms with Gasteiger partial charge in [-0.3, -0.25) is 4.79 Å². The Morgan fingerprint density at radius 2 is 1.64 bits per heavy atom. The number of carboxylic acid groups (broad SMARTS) is 1. The Morgan fingerprint density at radius 1 is 0.939 bits per heavy atom. The average Bonchev–Trinajstić information content (AvgIpc) is 3.11. The van der Waals surface area contributed by atoms with Crippen molar-refractivity contribution in [3.05, 3.63) is 24.3 Å². The lowest BCUT2D eigenvalue weighted by molar-refractivity contribution is -0.214. The number of hydrogen-bond acceptors (Lipinski definition) is 2. The summed E-state index contributed by atoms with van der Waals surface area (Å²) in [4.78, 5) is 11.6. The Labute approximate surface area is 202 Å². The third-order valence-corrected chi connectivity index (χ3v) is 12.3. The fraction of sp³-hybridized carbons (Fsp3) is 0.833. The second kappa shape index (κ2) is 8.25. The van der Waals surface area contributed by atoms with E-state index >= 15 is 0 Å². The van der Waals surface area contributed by atoms with Gasteiger partial charge in [-0.1, -0.05) is 46.4 Å². The van der Waals surface area contributed by atoms with Gasteiger partial charge in [-0.05, 0) is 122 Å². The zero-order valence-electron chi connectivity index (χ0n) is 21.9. The SMILES string of the molecule is C=C(C)[C@@H]1CC[C@]2(C)CC[C@]3(C)[C@H](CC[C@@H]4[C@@](C)(CCC(=O)O)[C@H](C(=C)CO)CC[C@]43C)[C@@H]12. The van der Waals surface area contributed by atoms with Gasteiger partial charge in [-0.25, -0.2) is 0 Å². The number of allylic oxidation sites excluding steroid dienone is 1. The molecule has 2 N–H and O–H groups in total. The largest absolute Gasteiger partial charge is 0.481 e. The van der Waals surface area contributed by atoms with E-state index in [4.69, 9.17) is 0 Å². The average molecular weight is 457 g/mol. The van der Waals surface area contributed by atoms with Crippen LogP contribution in [0.25, 0.3) is 0 Å². The highest BCUT2D eigenvalue weighted by molar-refractivity contribution is 5.66. The van der Waals surface area contributed by atoms with Gasteiger partial charge in [-0.2, -0.15) is 0 Å². The van der Waals surface area contributed by atoms with Crippen molar-refractivity contribution in [1.82, 2.24) is 0 Å². The lowest BCUT2D eigenvalue weighted by Gasteiger charge is -2.71. The van der Waals surface area contributed by atoms with Crippen molar-refractivity contribution < 1.29 is 15.0 Å². The molecule has 4 fully saturated rings. The summed E-state index contributed by atoms with van der Waals surface area (Å²) in [6.07, 6.45) is 10.8. The van der Waals surface area contributed by atoms with Crippen LogP contribution in [0.3, 0.4) is 0 Å². The molecule has 0 unspecified atom stereocenters. The molecule has 0 aromatic heterocycles. The first-order chi connectivity index (χ1) is 15.3. The predicted octanol–water partition coefficient (Wildman–Crippen LogP) is 7.26. The number of aliphatic carboxylic acids is 1. The third-order valence-electron chi connectivity index (χ3n) is 12.3. The summed E-state index contributed by atoms with van der Waals surface area (Å²) in [6.45, 7) is 21.0. The number of fused-ring (bicyclic) bond motifs is 5. The zero-order valence-corrected chi connectivity index (χ0v) is 21.9. The highest BCUT2D eigenvalue weighted by Crippen LogP contribution is 2.76. The molecule has 0 aromatic rings. The maximum absolute atomic E-state index is 11.6. The second-order valence-electron chi connectivity index (χ2n) is 13.5. The lowest BCUT2D eigenvalue weighted by atomic mass is 9.34. The van der Waals surface area contributed by atoms with Crippen molar-refractivity contribution in [3.63, 3.8) is 0 Å². The molecule has 0 heterocycles. The molecule has 0 amide bonds. The van der Waals surface area contributed by atoms with E-state index in [1.807, 2.05) is 0 Å². The topological polar surface area (TPSA) is 57.5 Å². The number of carbonyl (C=O) groups is 1. The summed E-state index contributed by atoms with van der Waals surface area (Å²) >= 11 is 0. The van der Waals surface area contributed by atoms with Gasteiger partial charge in [0.25, 0.3) is 0 Å². The van der Waals surface area contributed by atoms with Crippen LogP contribution in [-0.2, 0) is 4.79 Å². The number of hydrogen-bond donors (Lipinski definition) is 2. The molecular weight excluding hydrogens is 408 g/mol. The van der Waals surface area contributed by atoms with E-state index in [9.17, 15) is 15.0 Å². The lowest BCUT2D eigenvalue weighted by Crippen LogP contribution is -2.63.